The molecule has 1 saturated heterocycles. The van der Waals surface area contributed by atoms with Crippen LogP contribution in [-0.4, -0.2) is 53.2 Å². The maximum absolute atomic E-state index is 5.39. The molecule has 8 nitrogen and oxygen atoms in total. The first-order chi connectivity index (χ1) is 17.2. The van der Waals surface area contributed by atoms with Gasteiger partial charge >= 0.3 is 0 Å². The Balaban J connectivity index is 1.42. The lowest BCUT2D eigenvalue weighted by atomic mass is 10.1. The van der Waals surface area contributed by atoms with Crippen molar-refractivity contribution in [1.82, 2.24) is 25.3 Å². The normalized spacial score (nSPS) is 15.9. The van der Waals surface area contributed by atoms with E-state index in [0.29, 0.717) is 11.7 Å². The highest BCUT2D eigenvalue weighted by molar-refractivity contribution is 5.94. The number of hydrogen-bond donors (Lipinski definition) is 2. The molecule has 8 heteroatoms. The summed E-state index contributed by atoms with van der Waals surface area (Å²) in [6, 6.07) is 9.92. The van der Waals surface area contributed by atoms with E-state index in [0.717, 1.165) is 71.3 Å². The van der Waals surface area contributed by atoms with Crippen LogP contribution in [0, 0.1) is 6.92 Å². The number of aromatic nitrogens is 4. The average molecular weight is 468 g/mol. The lowest BCUT2D eigenvalue weighted by Gasteiger charge is -2.30. The van der Waals surface area contributed by atoms with Gasteiger partial charge in [-0.15, -0.1) is 0 Å². The molecule has 0 amide bonds. The molecular weight excluding hydrogens is 438 g/mol. The Labute approximate surface area is 204 Å². The predicted octanol–water partition coefficient (Wildman–Crippen LogP) is 4.43. The van der Waals surface area contributed by atoms with E-state index >= 15 is 0 Å². The fourth-order valence-electron chi connectivity index (χ4n) is 4.67. The highest BCUT2D eigenvalue weighted by Gasteiger charge is 2.29. The van der Waals surface area contributed by atoms with E-state index < -0.39 is 0 Å². The lowest BCUT2D eigenvalue weighted by Crippen LogP contribution is -2.44. The molecule has 1 saturated carbocycles. The first-order valence-electron chi connectivity index (χ1n) is 12.2. The summed E-state index contributed by atoms with van der Waals surface area (Å²) in [6.07, 6.45) is 8.11. The molecule has 0 atom stereocenters. The zero-order valence-electron chi connectivity index (χ0n) is 20.1. The highest BCUT2D eigenvalue weighted by Crippen LogP contribution is 2.44. The SMILES string of the molecule is COc1ccc(C)c(Nc2cc(-c3nc(N4CCNCC4)c4c(C5CC5)cncc4n3)ccn2)c1. The molecule has 6 rings (SSSR count). The summed E-state index contributed by atoms with van der Waals surface area (Å²) in [6.45, 7) is 5.82. The Kier molecular flexibility index (Phi) is 5.66. The second-order valence-electron chi connectivity index (χ2n) is 9.24. The van der Waals surface area contributed by atoms with Crippen LogP contribution < -0.4 is 20.3 Å². The number of fused-ring (bicyclic) bond motifs is 1. The van der Waals surface area contributed by atoms with E-state index in [1.54, 1.807) is 13.3 Å². The van der Waals surface area contributed by atoms with Gasteiger partial charge in [-0.1, -0.05) is 6.07 Å². The van der Waals surface area contributed by atoms with Crippen molar-refractivity contribution < 1.29 is 4.74 Å². The van der Waals surface area contributed by atoms with Crippen molar-refractivity contribution in [2.75, 3.05) is 43.5 Å². The van der Waals surface area contributed by atoms with Crippen LogP contribution in [0.1, 0.15) is 29.9 Å². The first kappa shape index (κ1) is 21.7. The van der Waals surface area contributed by atoms with Gasteiger partial charge in [-0.05, 0) is 55.0 Å². The predicted molar refractivity (Wildman–Crippen MR) is 139 cm³/mol. The van der Waals surface area contributed by atoms with Crippen LogP contribution in [-0.2, 0) is 0 Å². The number of ether oxygens (including phenoxy) is 1. The molecule has 1 aromatic carbocycles. The van der Waals surface area contributed by atoms with Gasteiger partial charge in [0.05, 0.1) is 18.8 Å². The van der Waals surface area contributed by atoms with Crippen LogP contribution in [0.3, 0.4) is 0 Å². The zero-order chi connectivity index (χ0) is 23.8. The van der Waals surface area contributed by atoms with Gasteiger partial charge < -0.3 is 20.3 Å². The van der Waals surface area contributed by atoms with Crippen molar-refractivity contribution in [2.45, 2.75) is 25.7 Å². The standard InChI is InChI=1S/C27H29N7O/c1-17-3-6-20(35-2)14-22(17)31-24-13-19(7-8-30-24)26-32-23-16-29-15-21(18-4-5-18)25(23)27(33-26)34-11-9-28-10-12-34/h3,6-8,13-16,18,28H,4-5,9-12H2,1-2H3,(H,30,31). The largest absolute Gasteiger partial charge is 0.497 e. The van der Waals surface area contributed by atoms with Gasteiger partial charge in [0.2, 0.25) is 0 Å². The molecule has 2 fully saturated rings. The smallest absolute Gasteiger partial charge is 0.162 e. The molecule has 0 radical (unpaired) electrons. The minimum Gasteiger partial charge on any atom is -0.497 e. The van der Waals surface area contributed by atoms with Crippen molar-refractivity contribution in [3.8, 4) is 17.1 Å². The van der Waals surface area contributed by atoms with Gasteiger partial charge in [-0.2, -0.15) is 0 Å². The minimum absolute atomic E-state index is 0.574. The van der Waals surface area contributed by atoms with Gasteiger partial charge in [0.25, 0.3) is 0 Å². The molecule has 0 bridgehead atoms. The molecule has 4 aromatic rings. The second kappa shape index (κ2) is 9.11. The number of nitrogens with zero attached hydrogens (tertiary/aromatic N) is 5. The minimum atomic E-state index is 0.574. The van der Waals surface area contributed by atoms with Crippen molar-refractivity contribution >= 4 is 28.2 Å². The average Bonchev–Trinajstić information content (AvgIpc) is 3.75. The van der Waals surface area contributed by atoms with E-state index in [-0.39, 0.29) is 0 Å². The third-order valence-corrected chi connectivity index (χ3v) is 6.78. The summed E-state index contributed by atoms with van der Waals surface area (Å²) in [7, 11) is 1.67. The molecule has 35 heavy (non-hydrogen) atoms. The fraction of sp³-hybridized carbons (Fsp3) is 0.333. The fourth-order valence-corrected chi connectivity index (χ4v) is 4.67. The molecule has 4 heterocycles. The molecule has 0 unspecified atom stereocenters. The molecule has 178 valence electrons. The van der Waals surface area contributed by atoms with Gasteiger partial charge in [-0.3, -0.25) is 4.98 Å². The molecular formula is C27H29N7O. The van der Waals surface area contributed by atoms with Gasteiger partial charge in [-0.25, -0.2) is 15.0 Å². The summed E-state index contributed by atoms with van der Waals surface area (Å²) in [5, 5.41) is 8.04. The topological polar surface area (TPSA) is 88.1 Å². The molecule has 2 aliphatic rings. The summed E-state index contributed by atoms with van der Waals surface area (Å²) < 4.78 is 5.39. The van der Waals surface area contributed by atoms with Crippen LogP contribution in [0.15, 0.2) is 48.9 Å². The maximum atomic E-state index is 5.39. The number of pyridine rings is 2. The zero-order valence-corrected chi connectivity index (χ0v) is 20.1. The number of hydrogen-bond acceptors (Lipinski definition) is 8. The second-order valence-corrected chi connectivity index (χ2v) is 9.24. The Bertz CT molecular complexity index is 1380. The summed E-state index contributed by atoms with van der Waals surface area (Å²) in [4.78, 5) is 21.6. The molecule has 2 N–H and O–H groups in total. The molecule has 0 spiro atoms. The van der Waals surface area contributed by atoms with Crippen LogP contribution in [0.4, 0.5) is 17.3 Å². The number of methoxy groups -OCH3 is 1. The molecule has 1 aliphatic heterocycles. The number of rotatable bonds is 6. The van der Waals surface area contributed by atoms with E-state index in [4.69, 9.17) is 14.7 Å². The quantitative estimate of drug-likeness (QED) is 0.431. The number of piperazine rings is 1. The Morgan fingerprint density at radius 1 is 1.06 bits per heavy atom. The van der Waals surface area contributed by atoms with E-state index in [2.05, 4.69) is 32.4 Å². The van der Waals surface area contributed by atoms with Gasteiger partial charge in [0.15, 0.2) is 5.82 Å². The number of anilines is 3. The highest BCUT2D eigenvalue weighted by atomic mass is 16.5. The van der Waals surface area contributed by atoms with Crippen LogP contribution >= 0.6 is 0 Å². The van der Waals surface area contributed by atoms with Crippen LogP contribution in [0.5, 0.6) is 5.75 Å². The number of benzene rings is 1. The maximum Gasteiger partial charge on any atom is 0.162 e. The summed E-state index contributed by atoms with van der Waals surface area (Å²) >= 11 is 0. The van der Waals surface area contributed by atoms with Crippen LogP contribution in [0.25, 0.3) is 22.3 Å². The van der Waals surface area contributed by atoms with E-state index in [9.17, 15) is 0 Å². The number of nitrogens with one attached hydrogen (secondary N) is 2. The van der Waals surface area contributed by atoms with Crippen molar-refractivity contribution in [3.05, 3.63) is 60.0 Å². The van der Waals surface area contributed by atoms with E-state index in [1.165, 1.54) is 18.4 Å². The Morgan fingerprint density at radius 2 is 1.91 bits per heavy atom. The molecule has 3 aromatic heterocycles. The molecule has 1 aliphatic carbocycles. The third kappa shape index (κ3) is 4.37. The number of aryl methyl sites for hydroxylation is 1. The Hall–Kier alpha value is -3.78. The van der Waals surface area contributed by atoms with Crippen molar-refractivity contribution in [3.63, 3.8) is 0 Å². The monoisotopic (exact) mass is 467 g/mol. The van der Waals surface area contributed by atoms with Gasteiger partial charge in [0, 0.05) is 61.3 Å². The van der Waals surface area contributed by atoms with Crippen molar-refractivity contribution in [1.29, 1.82) is 0 Å². The van der Waals surface area contributed by atoms with Crippen LogP contribution in [0.2, 0.25) is 0 Å². The van der Waals surface area contributed by atoms with Crippen molar-refractivity contribution in [2.24, 2.45) is 0 Å². The summed E-state index contributed by atoms with van der Waals surface area (Å²) in [5.74, 6) is 3.81. The summed E-state index contributed by atoms with van der Waals surface area (Å²) in [5.41, 5.74) is 5.17. The van der Waals surface area contributed by atoms with Gasteiger partial charge in [0.1, 0.15) is 17.4 Å². The Morgan fingerprint density at radius 3 is 2.71 bits per heavy atom. The third-order valence-electron chi connectivity index (χ3n) is 6.78. The first-order valence-corrected chi connectivity index (χ1v) is 12.2. The lowest BCUT2D eigenvalue weighted by molar-refractivity contribution is 0.415. The van der Waals surface area contributed by atoms with E-state index in [1.807, 2.05) is 42.7 Å².